The molecular formula is C19H26OS. The van der Waals surface area contributed by atoms with Crippen molar-refractivity contribution in [2.75, 3.05) is 0 Å². The fourth-order valence-electron chi connectivity index (χ4n) is 2.70. The third-order valence-corrected chi connectivity index (χ3v) is 4.97. The number of hydrogen-bond acceptors (Lipinski definition) is 2. The van der Waals surface area contributed by atoms with Crippen LogP contribution in [-0.2, 0) is 11.8 Å². The van der Waals surface area contributed by atoms with Gasteiger partial charge in [0.25, 0.3) is 0 Å². The summed E-state index contributed by atoms with van der Waals surface area (Å²) in [6, 6.07) is 6.63. The molecule has 0 saturated carbocycles. The minimum atomic E-state index is -0.409. The average Bonchev–Trinajstić information content (AvgIpc) is 2.79. The average molecular weight is 302 g/mol. The molecule has 0 aliphatic heterocycles. The third-order valence-electron chi connectivity index (χ3n) is 4.10. The van der Waals surface area contributed by atoms with Crippen LogP contribution in [-0.4, -0.2) is 5.11 Å². The molecule has 1 aromatic carbocycles. The Morgan fingerprint density at radius 1 is 1.05 bits per heavy atom. The summed E-state index contributed by atoms with van der Waals surface area (Å²) in [6.07, 6.45) is 0.283. The Kier molecular flexibility index (Phi) is 4.60. The molecule has 1 aromatic heterocycles. The number of benzene rings is 1. The Balaban J connectivity index is 2.28. The molecule has 1 atom stereocenters. The highest BCUT2D eigenvalue weighted by Crippen LogP contribution is 2.30. The molecule has 0 aliphatic carbocycles. The Labute approximate surface area is 132 Å². The van der Waals surface area contributed by atoms with Crippen molar-refractivity contribution in [3.63, 3.8) is 0 Å². The highest BCUT2D eigenvalue weighted by molar-refractivity contribution is 7.10. The van der Waals surface area contributed by atoms with Crippen LogP contribution in [0.5, 0.6) is 0 Å². The molecule has 0 amide bonds. The first-order valence-electron chi connectivity index (χ1n) is 7.52. The second-order valence-electron chi connectivity index (χ2n) is 7.05. The highest BCUT2D eigenvalue weighted by atomic mass is 32.1. The van der Waals surface area contributed by atoms with E-state index in [1.54, 1.807) is 11.3 Å². The Bertz CT molecular complexity index is 608. The standard InChI is InChI=1S/C19H26OS/c1-12-7-16(19(4,5)6)8-13(2)17(12)10-18(20)15-9-14(3)21-11-15/h7-9,11,18,20H,10H2,1-6H3. The van der Waals surface area contributed by atoms with Crippen molar-refractivity contribution in [3.8, 4) is 0 Å². The number of aliphatic hydroxyl groups excluding tert-OH is 1. The topological polar surface area (TPSA) is 20.2 Å². The predicted octanol–water partition coefficient (Wildman–Crippen LogP) is 5.25. The van der Waals surface area contributed by atoms with E-state index in [9.17, 15) is 5.11 Å². The monoisotopic (exact) mass is 302 g/mol. The lowest BCUT2D eigenvalue weighted by atomic mass is 9.83. The summed E-state index contributed by atoms with van der Waals surface area (Å²) in [5.41, 5.74) is 6.41. The summed E-state index contributed by atoms with van der Waals surface area (Å²) in [6.45, 7) is 13.1. The zero-order valence-corrected chi connectivity index (χ0v) is 14.8. The van der Waals surface area contributed by atoms with E-state index in [1.807, 2.05) is 0 Å². The largest absolute Gasteiger partial charge is 0.388 e. The van der Waals surface area contributed by atoms with Crippen molar-refractivity contribution >= 4 is 11.3 Å². The van der Waals surface area contributed by atoms with Crippen molar-refractivity contribution in [1.82, 2.24) is 0 Å². The lowest BCUT2D eigenvalue weighted by Crippen LogP contribution is -2.13. The maximum atomic E-state index is 10.5. The maximum absolute atomic E-state index is 10.5. The Morgan fingerprint density at radius 2 is 1.62 bits per heavy atom. The van der Waals surface area contributed by atoms with Gasteiger partial charge in [0.2, 0.25) is 0 Å². The van der Waals surface area contributed by atoms with E-state index in [4.69, 9.17) is 0 Å². The molecule has 2 aromatic rings. The first-order chi connectivity index (χ1) is 9.68. The molecule has 21 heavy (non-hydrogen) atoms. The Hall–Kier alpha value is -1.12. The zero-order chi connectivity index (χ0) is 15.8. The van der Waals surface area contributed by atoms with Crippen LogP contribution in [0, 0.1) is 20.8 Å². The number of aryl methyl sites for hydroxylation is 3. The molecule has 0 radical (unpaired) electrons. The van der Waals surface area contributed by atoms with Crippen LogP contribution in [0.1, 0.15) is 59.6 Å². The summed E-state index contributed by atoms with van der Waals surface area (Å²) < 4.78 is 0. The number of aliphatic hydroxyl groups is 1. The van der Waals surface area contributed by atoms with E-state index in [2.05, 4.69) is 65.1 Å². The molecule has 0 spiro atoms. The molecule has 1 unspecified atom stereocenters. The molecule has 1 nitrogen and oxygen atoms in total. The summed E-state index contributed by atoms with van der Waals surface area (Å²) in [7, 11) is 0. The van der Waals surface area contributed by atoms with Gasteiger partial charge in [0.1, 0.15) is 0 Å². The van der Waals surface area contributed by atoms with Crippen molar-refractivity contribution < 1.29 is 5.11 Å². The van der Waals surface area contributed by atoms with E-state index in [0.717, 1.165) is 5.56 Å². The van der Waals surface area contributed by atoms with E-state index in [0.29, 0.717) is 6.42 Å². The minimum Gasteiger partial charge on any atom is -0.388 e. The zero-order valence-electron chi connectivity index (χ0n) is 13.9. The van der Waals surface area contributed by atoms with Gasteiger partial charge in [-0.15, -0.1) is 11.3 Å². The summed E-state index contributed by atoms with van der Waals surface area (Å²) in [5, 5.41) is 12.5. The van der Waals surface area contributed by atoms with Gasteiger partial charge in [0, 0.05) is 11.3 Å². The molecule has 0 aliphatic rings. The van der Waals surface area contributed by atoms with E-state index >= 15 is 0 Å². The van der Waals surface area contributed by atoms with E-state index < -0.39 is 6.10 Å². The lowest BCUT2D eigenvalue weighted by molar-refractivity contribution is 0.178. The smallest absolute Gasteiger partial charge is 0.0838 e. The van der Waals surface area contributed by atoms with Crippen LogP contribution in [0.25, 0.3) is 0 Å². The molecule has 2 heteroatoms. The molecule has 0 bridgehead atoms. The molecule has 0 saturated heterocycles. The van der Waals surface area contributed by atoms with Crippen LogP contribution in [0.3, 0.4) is 0 Å². The Morgan fingerprint density at radius 3 is 2.05 bits per heavy atom. The van der Waals surface area contributed by atoms with Crippen LogP contribution in [0.2, 0.25) is 0 Å². The molecule has 2 rings (SSSR count). The molecule has 0 fully saturated rings. The summed E-state index contributed by atoms with van der Waals surface area (Å²) in [4.78, 5) is 1.25. The van der Waals surface area contributed by atoms with Crippen LogP contribution in [0.15, 0.2) is 23.6 Å². The van der Waals surface area contributed by atoms with E-state index in [1.165, 1.54) is 27.1 Å². The number of hydrogen-bond donors (Lipinski definition) is 1. The number of rotatable bonds is 3. The minimum absolute atomic E-state index is 0.164. The van der Waals surface area contributed by atoms with Crippen LogP contribution < -0.4 is 0 Å². The first kappa shape index (κ1) is 16.3. The molecule has 1 N–H and O–H groups in total. The third kappa shape index (κ3) is 3.75. The summed E-state index contributed by atoms with van der Waals surface area (Å²) >= 11 is 1.70. The fourth-order valence-corrected chi connectivity index (χ4v) is 3.45. The normalized spacial score (nSPS) is 13.5. The van der Waals surface area contributed by atoms with Crippen molar-refractivity contribution in [2.24, 2.45) is 0 Å². The van der Waals surface area contributed by atoms with Crippen LogP contribution in [0.4, 0.5) is 0 Å². The van der Waals surface area contributed by atoms with Gasteiger partial charge >= 0.3 is 0 Å². The highest BCUT2D eigenvalue weighted by Gasteiger charge is 2.18. The predicted molar refractivity (Wildman–Crippen MR) is 92.3 cm³/mol. The van der Waals surface area contributed by atoms with Crippen molar-refractivity contribution in [2.45, 2.75) is 59.5 Å². The van der Waals surface area contributed by atoms with Gasteiger partial charge in [-0.3, -0.25) is 0 Å². The van der Waals surface area contributed by atoms with Gasteiger partial charge in [-0.1, -0.05) is 32.9 Å². The van der Waals surface area contributed by atoms with Gasteiger partial charge in [0.05, 0.1) is 6.10 Å². The van der Waals surface area contributed by atoms with Crippen molar-refractivity contribution in [3.05, 3.63) is 56.3 Å². The number of thiophene rings is 1. The lowest BCUT2D eigenvalue weighted by Gasteiger charge is -2.23. The molecule has 114 valence electrons. The second-order valence-corrected chi connectivity index (χ2v) is 8.16. The van der Waals surface area contributed by atoms with Gasteiger partial charge in [-0.05, 0) is 65.4 Å². The van der Waals surface area contributed by atoms with Crippen LogP contribution >= 0.6 is 11.3 Å². The van der Waals surface area contributed by atoms with Gasteiger partial charge < -0.3 is 5.11 Å². The fraction of sp³-hybridized carbons (Fsp3) is 0.474. The first-order valence-corrected chi connectivity index (χ1v) is 8.40. The van der Waals surface area contributed by atoms with Gasteiger partial charge in [-0.2, -0.15) is 0 Å². The van der Waals surface area contributed by atoms with E-state index in [-0.39, 0.29) is 5.41 Å². The molecular weight excluding hydrogens is 276 g/mol. The summed E-state index contributed by atoms with van der Waals surface area (Å²) in [5.74, 6) is 0. The quantitative estimate of drug-likeness (QED) is 0.821. The van der Waals surface area contributed by atoms with Crippen molar-refractivity contribution in [1.29, 1.82) is 0 Å². The second kappa shape index (κ2) is 5.94. The van der Waals surface area contributed by atoms with Gasteiger partial charge in [0.15, 0.2) is 0 Å². The maximum Gasteiger partial charge on any atom is 0.0838 e. The van der Waals surface area contributed by atoms with Gasteiger partial charge in [-0.25, -0.2) is 0 Å². The SMILES string of the molecule is Cc1cc(C(O)Cc2c(C)cc(C(C)(C)C)cc2C)cs1. The molecule has 1 heterocycles.